The van der Waals surface area contributed by atoms with Crippen molar-refractivity contribution in [1.82, 2.24) is 4.57 Å². The number of halogens is 1. The summed E-state index contributed by atoms with van der Waals surface area (Å²) in [5, 5.41) is 0. The van der Waals surface area contributed by atoms with Crippen molar-refractivity contribution in [2.45, 2.75) is 12.4 Å². The number of benzene rings is 1. The number of pyridine rings is 1. The summed E-state index contributed by atoms with van der Waals surface area (Å²) in [6.07, 6.45) is 1.67. The molecule has 0 saturated heterocycles. The quantitative estimate of drug-likeness (QED) is 0.607. The monoisotopic (exact) mass is 293 g/mol. The number of methoxy groups -OCH3 is 1. The zero-order valence-electron chi connectivity index (χ0n) is 11.2. The Balaban J connectivity index is 2.32. The van der Waals surface area contributed by atoms with Gasteiger partial charge in [0.25, 0.3) is 0 Å². The standard InChI is InChI=1S/C15H16ClNO3/c1-19-11-20-15-10-17(13(8-16)7-14(15)18)9-12-5-3-2-4-6-12/h2-7,10H,8-9,11H2,1H3. The van der Waals surface area contributed by atoms with E-state index >= 15 is 0 Å². The van der Waals surface area contributed by atoms with Gasteiger partial charge in [0, 0.05) is 25.4 Å². The molecule has 2 aromatic rings. The van der Waals surface area contributed by atoms with E-state index in [0.717, 1.165) is 11.3 Å². The van der Waals surface area contributed by atoms with Crippen LogP contribution in [0.15, 0.2) is 47.4 Å². The lowest BCUT2D eigenvalue weighted by Crippen LogP contribution is -2.16. The van der Waals surface area contributed by atoms with Crippen LogP contribution in [0.4, 0.5) is 0 Å². The van der Waals surface area contributed by atoms with Gasteiger partial charge >= 0.3 is 0 Å². The Labute approximate surface area is 122 Å². The minimum atomic E-state index is -0.193. The lowest BCUT2D eigenvalue weighted by atomic mass is 10.2. The second-order valence-electron chi connectivity index (χ2n) is 4.29. The third-order valence-electron chi connectivity index (χ3n) is 2.85. The fourth-order valence-corrected chi connectivity index (χ4v) is 2.10. The second kappa shape index (κ2) is 7.12. The van der Waals surface area contributed by atoms with Crippen LogP contribution >= 0.6 is 11.6 Å². The lowest BCUT2D eigenvalue weighted by molar-refractivity contribution is 0.0498. The molecule has 0 bridgehead atoms. The Morgan fingerprint density at radius 3 is 2.65 bits per heavy atom. The molecule has 4 nitrogen and oxygen atoms in total. The van der Waals surface area contributed by atoms with Crippen molar-refractivity contribution in [3.8, 4) is 5.75 Å². The molecule has 0 saturated carbocycles. The van der Waals surface area contributed by atoms with E-state index < -0.39 is 0 Å². The number of alkyl halides is 1. The number of hydrogen-bond donors (Lipinski definition) is 0. The largest absolute Gasteiger partial charge is 0.462 e. The molecule has 0 atom stereocenters. The van der Waals surface area contributed by atoms with Gasteiger partial charge in [0.1, 0.15) is 0 Å². The SMILES string of the molecule is COCOc1cn(Cc2ccccc2)c(CCl)cc1=O. The second-order valence-corrected chi connectivity index (χ2v) is 4.56. The summed E-state index contributed by atoms with van der Waals surface area (Å²) in [4.78, 5) is 11.9. The van der Waals surface area contributed by atoms with Crippen LogP contribution in [-0.4, -0.2) is 18.5 Å². The summed E-state index contributed by atoms with van der Waals surface area (Å²) < 4.78 is 12.0. The highest BCUT2D eigenvalue weighted by Gasteiger charge is 2.07. The van der Waals surface area contributed by atoms with Gasteiger partial charge in [0.2, 0.25) is 5.43 Å². The molecule has 2 rings (SSSR count). The number of hydrogen-bond acceptors (Lipinski definition) is 3. The van der Waals surface area contributed by atoms with Crippen molar-refractivity contribution >= 4 is 11.6 Å². The van der Waals surface area contributed by atoms with Crippen LogP contribution in [0.2, 0.25) is 0 Å². The van der Waals surface area contributed by atoms with Crippen molar-refractivity contribution in [2.24, 2.45) is 0 Å². The first kappa shape index (κ1) is 14.6. The third-order valence-corrected chi connectivity index (χ3v) is 3.12. The van der Waals surface area contributed by atoms with E-state index in [2.05, 4.69) is 0 Å². The van der Waals surface area contributed by atoms with Gasteiger partial charge < -0.3 is 14.0 Å². The molecular weight excluding hydrogens is 278 g/mol. The first-order valence-electron chi connectivity index (χ1n) is 6.19. The summed E-state index contributed by atoms with van der Waals surface area (Å²) in [7, 11) is 1.51. The molecule has 0 spiro atoms. The highest BCUT2D eigenvalue weighted by Crippen LogP contribution is 2.12. The molecule has 106 valence electrons. The van der Waals surface area contributed by atoms with Crippen LogP contribution in [0, 0.1) is 0 Å². The van der Waals surface area contributed by atoms with Gasteiger partial charge in [-0.05, 0) is 5.56 Å². The number of nitrogens with zero attached hydrogens (tertiary/aromatic N) is 1. The summed E-state index contributed by atoms with van der Waals surface area (Å²) >= 11 is 5.90. The molecular formula is C15H16ClNO3. The Kier molecular flexibility index (Phi) is 5.21. The minimum absolute atomic E-state index is 0.0425. The highest BCUT2D eigenvalue weighted by molar-refractivity contribution is 6.16. The smallest absolute Gasteiger partial charge is 0.223 e. The molecule has 0 fully saturated rings. The van der Waals surface area contributed by atoms with E-state index in [1.54, 1.807) is 6.20 Å². The Hall–Kier alpha value is -1.78. The maximum atomic E-state index is 11.9. The van der Waals surface area contributed by atoms with Crippen LogP contribution in [0.3, 0.4) is 0 Å². The van der Waals surface area contributed by atoms with Gasteiger partial charge in [-0.2, -0.15) is 0 Å². The molecule has 0 radical (unpaired) electrons. The summed E-state index contributed by atoms with van der Waals surface area (Å²) in [6, 6.07) is 11.4. The molecule has 5 heteroatoms. The van der Waals surface area contributed by atoms with Crippen LogP contribution in [0.1, 0.15) is 11.3 Å². The highest BCUT2D eigenvalue weighted by atomic mass is 35.5. The number of rotatable bonds is 6. The Bertz CT molecular complexity index is 610. The van der Waals surface area contributed by atoms with E-state index in [9.17, 15) is 4.79 Å². The fraction of sp³-hybridized carbons (Fsp3) is 0.267. The van der Waals surface area contributed by atoms with Crippen molar-refractivity contribution in [1.29, 1.82) is 0 Å². The van der Waals surface area contributed by atoms with Gasteiger partial charge in [0.15, 0.2) is 12.5 Å². The molecule has 0 aliphatic rings. The predicted octanol–water partition coefficient (Wildman–Crippen LogP) is 2.62. The van der Waals surface area contributed by atoms with E-state index in [1.807, 2.05) is 34.9 Å². The van der Waals surface area contributed by atoms with Crippen LogP contribution in [0.5, 0.6) is 5.75 Å². The Morgan fingerprint density at radius 2 is 2.00 bits per heavy atom. The van der Waals surface area contributed by atoms with Gasteiger partial charge in [0.05, 0.1) is 12.1 Å². The van der Waals surface area contributed by atoms with Crippen LogP contribution in [0.25, 0.3) is 0 Å². The van der Waals surface area contributed by atoms with Gasteiger partial charge in [-0.15, -0.1) is 11.6 Å². The first-order chi connectivity index (χ1) is 9.74. The number of ether oxygens (including phenoxy) is 2. The molecule has 20 heavy (non-hydrogen) atoms. The van der Waals surface area contributed by atoms with Crippen molar-refractivity contribution in [2.75, 3.05) is 13.9 Å². The van der Waals surface area contributed by atoms with Crippen molar-refractivity contribution in [3.05, 3.63) is 64.1 Å². The fourth-order valence-electron chi connectivity index (χ4n) is 1.87. The van der Waals surface area contributed by atoms with Gasteiger partial charge in [-0.25, -0.2) is 0 Å². The van der Waals surface area contributed by atoms with Crippen molar-refractivity contribution < 1.29 is 9.47 Å². The van der Waals surface area contributed by atoms with Crippen LogP contribution < -0.4 is 10.2 Å². The predicted molar refractivity (Wildman–Crippen MR) is 78.3 cm³/mol. The zero-order chi connectivity index (χ0) is 14.4. The first-order valence-corrected chi connectivity index (χ1v) is 6.73. The molecule has 1 aromatic carbocycles. The molecule has 0 aliphatic carbocycles. The summed E-state index contributed by atoms with van der Waals surface area (Å²) in [5.41, 5.74) is 1.69. The van der Waals surface area contributed by atoms with Crippen LogP contribution in [-0.2, 0) is 17.2 Å². The van der Waals surface area contributed by atoms with Crippen molar-refractivity contribution in [3.63, 3.8) is 0 Å². The summed E-state index contributed by atoms with van der Waals surface area (Å²) in [6.45, 7) is 0.674. The molecule has 1 heterocycles. The molecule has 0 unspecified atom stereocenters. The molecule has 0 N–H and O–H groups in total. The van der Waals surface area contributed by atoms with E-state index in [4.69, 9.17) is 21.1 Å². The normalized spacial score (nSPS) is 10.5. The van der Waals surface area contributed by atoms with E-state index in [1.165, 1.54) is 13.2 Å². The maximum Gasteiger partial charge on any atom is 0.223 e. The average Bonchev–Trinajstić information content (AvgIpc) is 2.48. The average molecular weight is 294 g/mol. The van der Waals surface area contributed by atoms with E-state index in [-0.39, 0.29) is 23.9 Å². The molecule has 1 aromatic heterocycles. The zero-order valence-corrected chi connectivity index (χ0v) is 12.0. The Morgan fingerprint density at radius 1 is 1.25 bits per heavy atom. The topological polar surface area (TPSA) is 40.5 Å². The van der Waals surface area contributed by atoms with Gasteiger partial charge in [-0.3, -0.25) is 4.79 Å². The van der Waals surface area contributed by atoms with Gasteiger partial charge in [-0.1, -0.05) is 30.3 Å². The molecule has 0 amide bonds. The third kappa shape index (κ3) is 3.62. The maximum absolute atomic E-state index is 11.9. The van der Waals surface area contributed by atoms with E-state index in [0.29, 0.717) is 6.54 Å². The summed E-state index contributed by atoms with van der Waals surface area (Å²) in [5.74, 6) is 0.531. The minimum Gasteiger partial charge on any atom is -0.462 e. The molecule has 0 aliphatic heterocycles. The number of aromatic nitrogens is 1. The lowest BCUT2D eigenvalue weighted by Gasteiger charge is -2.14.